The number of aromatic nitrogens is 2. The Hall–Kier alpha value is -2.07. The number of benzene rings is 1. The fourth-order valence-electron chi connectivity index (χ4n) is 1.99. The number of nitrogens with two attached hydrogens (primary N) is 1. The molecule has 116 valence electrons. The summed E-state index contributed by atoms with van der Waals surface area (Å²) in [6.07, 6.45) is 1.83. The molecule has 4 nitrogen and oxygen atoms in total. The highest BCUT2D eigenvalue weighted by Crippen LogP contribution is 2.29. The third-order valence-corrected chi connectivity index (χ3v) is 3.58. The normalized spacial score (nSPS) is 11.3. The minimum atomic E-state index is -0.202. The van der Waals surface area contributed by atoms with Gasteiger partial charge in [-0.1, -0.05) is 69.3 Å². The van der Waals surface area contributed by atoms with E-state index >= 15 is 0 Å². The Morgan fingerprint density at radius 3 is 2.59 bits per heavy atom. The minimum absolute atomic E-state index is 0.202. The number of halogens is 1. The fourth-order valence-corrected chi connectivity index (χ4v) is 2.16. The summed E-state index contributed by atoms with van der Waals surface area (Å²) in [6, 6.07) is 8.02. The van der Waals surface area contributed by atoms with Crippen LogP contribution in [-0.4, -0.2) is 9.97 Å². The third kappa shape index (κ3) is 3.57. The van der Waals surface area contributed by atoms with Crippen LogP contribution in [0.3, 0.4) is 0 Å². The van der Waals surface area contributed by atoms with Crippen molar-refractivity contribution in [1.29, 1.82) is 0 Å². The summed E-state index contributed by atoms with van der Waals surface area (Å²) >= 11 is 6.13. The lowest BCUT2D eigenvalue weighted by Crippen LogP contribution is -2.18. The second-order valence-corrected chi connectivity index (χ2v) is 6.46. The van der Waals surface area contributed by atoms with E-state index in [4.69, 9.17) is 17.3 Å². The highest BCUT2D eigenvalue weighted by atomic mass is 35.5. The van der Waals surface area contributed by atoms with Crippen LogP contribution in [-0.2, 0) is 12.0 Å². The molecule has 3 N–H and O–H groups in total. The molecular formula is C17H21ClN4. The molecule has 1 heterocycles. The summed E-state index contributed by atoms with van der Waals surface area (Å²) < 4.78 is 0. The van der Waals surface area contributed by atoms with Crippen LogP contribution in [0.15, 0.2) is 30.8 Å². The van der Waals surface area contributed by atoms with Crippen molar-refractivity contribution in [3.63, 3.8) is 0 Å². The molecule has 0 spiro atoms. The van der Waals surface area contributed by atoms with Gasteiger partial charge in [-0.15, -0.1) is 0 Å². The maximum Gasteiger partial charge on any atom is 0.157 e. The zero-order valence-corrected chi connectivity index (χ0v) is 13.9. The molecule has 22 heavy (non-hydrogen) atoms. The number of nitrogens with zero attached hydrogens (tertiary/aromatic N) is 2. The molecule has 0 saturated heterocycles. The SMILES string of the molecule is C=Cc1ccccc1CNc1nc(C(C)(C)C)nc(Cl)c1N. The van der Waals surface area contributed by atoms with E-state index in [2.05, 4.69) is 21.9 Å². The Morgan fingerprint density at radius 1 is 1.27 bits per heavy atom. The Balaban J connectivity index is 2.30. The van der Waals surface area contributed by atoms with Gasteiger partial charge in [0.25, 0.3) is 0 Å². The highest BCUT2D eigenvalue weighted by molar-refractivity contribution is 6.32. The van der Waals surface area contributed by atoms with Crippen LogP contribution < -0.4 is 11.1 Å². The third-order valence-electron chi connectivity index (χ3n) is 3.29. The van der Waals surface area contributed by atoms with Gasteiger partial charge in [0.1, 0.15) is 11.5 Å². The zero-order valence-electron chi connectivity index (χ0n) is 13.2. The van der Waals surface area contributed by atoms with E-state index in [9.17, 15) is 0 Å². The molecule has 0 saturated carbocycles. The molecule has 0 unspecified atom stereocenters. The Labute approximate surface area is 136 Å². The highest BCUT2D eigenvalue weighted by Gasteiger charge is 2.21. The van der Waals surface area contributed by atoms with Gasteiger partial charge < -0.3 is 11.1 Å². The lowest BCUT2D eigenvalue weighted by Gasteiger charge is -2.19. The van der Waals surface area contributed by atoms with E-state index in [0.29, 0.717) is 23.9 Å². The van der Waals surface area contributed by atoms with Gasteiger partial charge >= 0.3 is 0 Å². The summed E-state index contributed by atoms with van der Waals surface area (Å²) in [4.78, 5) is 8.78. The predicted octanol–water partition coefficient (Wildman–Crippen LogP) is 4.26. The number of rotatable bonds is 4. The zero-order chi connectivity index (χ0) is 16.3. The van der Waals surface area contributed by atoms with Crippen LogP contribution in [0.1, 0.15) is 37.7 Å². The van der Waals surface area contributed by atoms with E-state index in [1.807, 2.05) is 51.1 Å². The molecule has 0 atom stereocenters. The summed E-state index contributed by atoms with van der Waals surface area (Å²) in [5, 5.41) is 3.53. The quantitative estimate of drug-likeness (QED) is 0.827. The first-order chi connectivity index (χ1) is 10.3. The largest absolute Gasteiger partial charge is 0.393 e. The van der Waals surface area contributed by atoms with Crippen LogP contribution in [0, 0.1) is 0 Å². The molecule has 0 fully saturated rings. The lowest BCUT2D eigenvalue weighted by molar-refractivity contribution is 0.546. The van der Waals surface area contributed by atoms with Crippen molar-refractivity contribution in [2.75, 3.05) is 11.1 Å². The van der Waals surface area contributed by atoms with E-state index in [-0.39, 0.29) is 10.6 Å². The standard InChI is InChI=1S/C17H21ClN4/c1-5-11-8-6-7-9-12(11)10-20-15-13(19)14(18)21-16(22-15)17(2,3)4/h5-9H,1,10,19H2,2-4H3,(H,20,21,22). The summed E-state index contributed by atoms with van der Waals surface area (Å²) in [7, 11) is 0. The Kier molecular flexibility index (Phi) is 4.71. The van der Waals surface area contributed by atoms with Crippen LogP contribution >= 0.6 is 11.6 Å². The first kappa shape index (κ1) is 16.3. The molecule has 0 aliphatic rings. The number of hydrogen-bond donors (Lipinski definition) is 2. The number of anilines is 2. The van der Waals surface area contributed by atoms with E-state index in [1.165, 1.54) is 0 Å². The van der Waals surface area contributed by atoms with E-state index in [1.54, 1.807) is 0 Å². The monoisotopic (exact) mass is 316 g/mol. The average Bonchev–Trinajstić information content (AvgIpc) is 2.47. The van der Waals surface area contributed by atoms with Crippen molar-refractivity contribution in [2.24, 2.45) is 0 Å². The Bertz CT molecular complexity index is 690. The average molecular weight is 317 g/mol. The molecule has 0 radical (unpaired) electrons. The molecule has 0 bridgehead atoms. The molecule has 0 aliphatic heterocycles. The first-order valence-electron chi connectivity index (χ1n) is 7.10. The van der Waals surface area contributed by atoms with Gasteiger partial charge in [-0.05, 0) is 11.1 Å². The van der Waals surface area contributed by atoms with Crippen molar-refractivity contribution >= 4 is 29.2 Å². The van der Waals surface area contributed by atoms with Gasteiger partial charge in [-0.2, -0.15) is 0 Å². The lowest BCUT2D eigenvalue weighted by atomic mass is 9.96. The van der Waals surface area contributed by atoms with Crippen molar-refractivity contribution in [3.05, 3.63) is 52.9 Å². The summed E-state index contributed by atoms with van der Waals surface area (Å²) in [5.41, 5.74) is 8.34. The minimum Gasteiger partial charge on any atom is -0.393 e. The first-order valence-corrected chi connectivity index (χ1v) is 7.48. The van der Waals surface area contributed by atoms with Gasteiger partial charge in [-0.25, -0.2) is 9.97 Å². The smallest absolute Gasteiger partial charge is 0.157 e. The second kappa shape index (κ2) is 6.36. The van der Waals surface area contributed by atoms with Crippen LogP contribution in [0.25, 0.3) is 6.08 Å². The van der Waals surface area contributed by atoms with Crippen molar-refractivity contribution < 1.29 is 0 Å². The molecule has 2 aromatic rings. The van der Waals surface area contributed by atoms with Crippen molar-refractivity contribution in [1.82, 2.24) is 9.97 Å². The van der Waals surface area contributed by atoms with E-state index in [0.717, 1.165) is 11.1 Å². The van der Waals surface area contributed by atoms with E-state index < -0.39 is 0 Å². The maximum absolute atomic E-state index is 6.13. The second-order valence-electron chi connectivity index (χ2n) is 6.11. The number of nitrogens with one attached hydrogen (secondary N) is 1. The van der Waals surface area contributed by atoms with Gasteiger partial charge in [0.05, 0.1) is 0 Å². The predicted molar refractivity (Wildman–Crippen MR) is 94.0 cm³/mol. The van der Waals surface area contributed by atoms with Crippen molar-refractivity contribution in [2.45, 2.75) is 32.7 Å². The summed E-state index contributed by atoms with van der Waals surface area (Å²) in [5.74, 6) is 1.22. The maximum atomic E-state index is 6.13. The van der Waals surface area contributed by atoms with Crippen LogP contribution in [0.5, 0.6) is 0 Å². The van der Waals surface area contributed by atoms with Gasteiger partial charge in [0.2, 0.25) is 0 Å². The molecule has 0 aliphatic carbocycles. The molecule has 2 rings (SSSR count). The Morgan fingerprint density at radius 2 is 1.95 bits per heavy atom. The molecule has 5 heteroatoms. The fraction of sp³-hybridized carbons (Fsp3) is 0.294. The molecule has 1 aromatic heterocycles. The van der Waals surface area contributed by atoms with Gasteiger partial charge in [0, 0.05) is 12.0 Å². The summed E-state index contributed by atoms with van der Waals surface area (Å²) in [6.45, 7) is 10.5. The van der Waals surface area contributed by atoms with Crippen molar-refractivity contribution in [3.8, 4) is 0 Å². The number of hydrogen-bond acceptors (Lipinski definition) is 4. The molecule has 1 aromatic carbocycles. The van der Waals surface area contributed by atoms with Gasteiger partial charge in [0.15, 0.2) is 11.0 Å². The molecular weight excluding hydrogens is 296 g/mol. The van der Waals surface area contributed by atoms with Crippen LogP contribution in [0.4, 0.5) is 11.5 Å². The van der Waals surface area contributed by atoms with Crippen LogP contribution in [0.2, 0.25) is 5.15 Å². The van der Waals surface area contributed by atoms with Gasteiger partial charge in [-0.3, -0.25) is 0 Å². The molecule has 0 amide bonds. The topological polar surface area (TPSA) is 63.8 Å². The number of nitrogen functional groups attached to an aromatic ring is 1.